The molecule has 6 aromatic carbocycles. The van der Waals surface area contributed by atoms with E-state index in [1.807, 2.05) is 24.3 Å². The molecule has 36 heavy (non-hydrogen) atoms. The van der Waals surface area contributed by atoms with Gasteiger partial charge in [0.15, 0.2) is 0 Å². The summed E-state index contributed by atoms with van der Waals surface area (Å²) in [6, 6.07) is 36.7. The normalized spacial score (nSPS) is 14.2. The van der Waals surface area contributed by atoms with Gasteiger partial charge in [-0.15, -0.1) is 0 Å². The molecule has 0 fully saturated rings. The molecule has 3 nitrogen and oxygen atoms in total. The van der Waals surface area contributed by atoms with Crippen molar-refractivity contribution in [2.75, 3.05) is 0 Å². The Kier molecular flexibility index (Phi) is 3.62. The molecule has 170 valence electrons. The first-order chi connectivity index (χ1) is 17.6. The summed E-state index contributed by atoms with van der Waals surface area (Å²) in [4.78, 5) is 0. The van der Waals surface area contributed by atoms with Crippen molar-refractivity contribution in [2.24, 2.45) is 0 Å². The Balaban J connectivity index is 1.58. The van der Waals surface area contributed by atoms with E-state index < -0.39 is 5.41 Å². The maximum Gasteiger partial charge on any atom is 0.132 e. The van der Waals surface area contributed by atoms with Gasteiger partial charge < -0.3 is 14.9 Å². The van der Waals surface area contributed by atoms with Gasteiger partial charge in [-0.05, 0) is 92.3 Å². The highest BCUT2D eigenvalue weighted by atomic mass is 16.5. The van der Waals surface area contributed by atoms with Crippen LogP contribution in [0.2, 0.25) is 0 Å². The fourth-order valence-electron chi connectivity index (χ4n) is 6.36. The van der Waals surface area contributed by atoms with Gasteiger partial charge in [0.2, 0.25) is 0 Å². The number of hydrogen-bond donors (Lipinski definition) is 2. The van der Waals surface area contributed by atoms with Crippen molar-refractivity contribution in [1.82, 2.24) is 0 Å². The van der Waals surface area contributed by atoms with Gasteiger partial charge in [0.05, 0.1) is 5.41 Å². The molecule has 0 unspecified atom stereocenters. The number of phenols is 2. The predicted molar refractivity (Wildman–Crippen MR) is 142 cm³/mol. The van der Waals surface area contributed by atoms with Crippen molar-refractivity contribution >= 4 is 21.5 Å². The highest BCUT2D eigenvalue weighted by Crippen LogP contribution is 2.62. The molecule has 0 saturated heterocycles. The van der Waals surface area contributed by atoms with E-state index >= 15 is 0 Å². The summed E-state index contributed by atoms with van der Waals surface area (Å²) in [5, 5.41) is 24.2. The molecule has 0 atom stereocenters. The van der Waals surface area contributed by atoms with E-state index in [1.54, 1.807) is 24.3 Å². The van der Waals surface area contributed by atoms with Crippen LogP contribution in [0.15, 0.2) is 109 Å². The summed E-state index contributed by atoms with van der Waals surface area (Å²) >= 11 is 0. The van der Waals surface area contributed by atoms with E-state index in [2.05, 4.69) is 60.7 Å². The highest BCUT2D eigenvalue weighted by molar-refractivity contribution is 5.95. The summed E-state index contributed by atoms with van der Waals surface area (Å²) in [5.41, 5.74) is 6.52. The fraction of sp³-hybridized carbons (Fsp3) is 0.0303. The van der Waals surface area contributed by atoms with Crippen molar-refractivity contribution in [2.45, 2.75) is 5.41 Å². The second kappa shape index (κ2) is 6.67. The largest absolute Gasteiger partial charge is 0.508 e. The maximum absolute atomic E-state index is 10.1. The first-order valence-corrected chi connectivity index (χ1v) is 12.0. The highest BCUT2D eigenvalue weighted by Gasteiger charge is 2.51. The number of rotatable bonds is 0. The van der Waals surface area contributed by atoms with Gasteiger partial charge in [0.1, 0.15) is 23.0 Å². The molecule has 3 heteroatoms. The molecule has 8 rings (SSSR count). The molecule has 0 aromatic heterocycles. The van der Waals surface area contributed by atoms with E-state index in [-0.39, 0.29) is 11.5 Å². The van der Waals surface area contributed by atoms with Crippen molar-refractivity contribution in [3.05, 3.63) is 131 Å². The summed E-state index contributed by atoms with van der Waals surface area (Å²) in [6.45, 7) is 0. The number of benzene rings is 6. The van der Waals surface area contributed by atoms with Crippen LogP contribution in [0.1, 0.15) is 22.3 Å². The minimum Gasteiger partial charge on any atom is -0.508 e. The number of aromatic hydroxyl groups is 2. The molecule has 2 N–H and O–H groups in total. The Morgan fingerprint density at radius 2 is 0.917 bits per heavy atom. The van der Waals surface area contributed by atoms with E-state index in [9.17, 15) is 10.2 Å². The van der Waals surface area contributed by atoms with E-state index in [4.69, 9.17) is 4.74 Å². The van der Waals surface area contributed by atoms with Crippen LogP contribution in [-0.4, -0.2) is 10.2 Å². The van der Waals surface area contributed by atoms with Crippen molar-refractivity contribution < 1.29 is 14.9 Å². The Hall–Kier alpha value is -4.76. The van der Waals surface area contributed by atoms with Crippen LogP contribution in [0, 0.1) is 0 Å². The summed E-state index contributed by atoms with van der Waals surface area (Å²) in [6.07, 6.45) is 0. The van der Waals surface area contributed by atoms with Gasteiger partial charge in [-0.25, -0.2) is 0 Å². The molecule has 1 aliphatic heterocycles. The summed E-state index contributed by atoms with van der Waals surface area (Å²) in [5.74, 6) is 2.00. The molecule has 2 aliphatic rings. The molecule has 1 aliphatic carbocycles. The predicted octanol–water partition coefficient (Wildman–Crippen LogP) is 7.87. The van der Waals surface area contributed by atoms with E-state index in [1.165, 1.54) is 22.3 Å². The minimum absolute atomic E-state index is 0.228. The lowest BCUT2D eigenvalue weighted by Gasteiger charge is -2.39. The number of hydrogen-bond acceptors (Lipinski definition) is 3. The lowest BCUT2D eigenvalue weighted by molar-refractivity contribution is 0.438. The first-order valence-electron chi connectivity index (χ1n) is 12.0. The van der Waals surface area contributed by atoms with E-state index in [0.717, 1.165) is 44.2 Å². The average molecular weight is 465 g/mol. The summed E-state index contributed by atoms with van der Waals surface area (Å²) in [7, 11) is 0. The van der Waals surface area contributed by atoms with Crippen molar-refractivity contribution in [3.63, 3.8) is 0 Å². The smallest absolute Gasteiger partial charge is 0.132 e. The van der Waals surface area contributed by atoms with Crippen molar-refractivity contribution in [1.29, 1.82) is 0 Å². The van der Waals surface area contributed by atoms with Gasteiger partial charge in [-0.2, -0.15) is 0 Å². The molecular formula is C33H20O3. The number of fused-ring (bicyclic) bond motifs is 11. The second-order valence-electron chi connectivity index (χ2n) is 9.70. The third-order valence-corrected chi connectivity index (χ3v) is 7.82. The van der Waals surface area contributed by atoms with Gasteiger partial charge in [0.25, 0.3) is 0 Å². The van der Waals surface area contributed by atoms with Crippen LogP contribution in [-0.2, 0) is 5.41 Å². The van der Waals surface area contributed by atoms with Gasteiger partial charge in [-0.3, -0.25) is 0 Å². The molecule has 0 amide bonds. The van der Waals surface area contributed by atoms with Crippen LogP contribution < -0.4 is 4.74 Å². The van der Waals surface area contributed by atoms with Crippen LogP contribution in [0.25, 0.3) is 32.7 Å². The molecule has 0 bridgehead atoms. The first kappa shape index (κ1) is 19.5. The number of ether oxygens (including phenoxy) is 1. The molecule has 0 radical (unpaired) electrons. The number of phenolic OH excluding ortho intramolecular Hbond substituents is 2. The molecule has 1 spiro atoms. The zero-order chi connectivity index (χ0) is 24.0. The van der Waals surface area contributed by atoms with Crippen LogP contribution >= 0.6 is 0 Å². The Morgan fingerprint density at radius 1 is 0.444 bits per heavy atom. The zero-order valence-electron chi connectivity index (χ0n) is 19.2. The standard InChI is InChI=1S/C33H20O3/c34-23-11-9-19-15-29-31(17-21(19)13-23)36-32-18-22-14-24(35)12-10-20(22)16-30(32)33(29)27-7-3-1-5-25(27)26-6-2-4-8-28(26)33/h1-18,34-35H. The molecule has 0 saturated carbocycles. The van der Waals surface area contributed by atoms with Crippen LogP contribution in [0.3, 0.4) is 0 Å². The van der Waals surface area contributed by atoms with Crippen LogP contribution in [0.5, 0.6) is 23.0 Å². The maximum atomic E-state index is 10.1. The topological polar surface area (TPSA) is 49.7 Å². The monoisotopic (exact) mass is 464 g/mol. The third-order valence-electron chi connectivity index (χ3n) is 7.82. The fourth-order valence-corrected chi connectivity index (χ4v) is 6.36. The summed E-state index contributed by atoms with van der Waals surface area (Å²) < 4.78 is 6.63. The Bertz CT molecular complexity index is 1760. The third kappa shape index (κ3) is 2.37. The lowest BCUT2D eigenvalue weighted by Crippen LogP contribution is -2.32. The van der Waals surface area contributed by atoms with Gasteiger partial charge >= 0.3 is 0 Å². The van der Waals surface area contributed by atoms with Gasteiger partial charge in [0, 0.05) is 11.1 Å². The SMILES string of the molecule is Oc1ccc2cc3c(cc2c1)Oc1cc2cc(O)ccc2cc1C31c2ccccc2-c2ccccc21. The van der Waals surface area contributed by atoms with Gasteiger partial charge in [-0.1, -0.05) is 60.7 Å². The van der Waals surface area contributed by atoms with Crippen LogP contribution in [0.4, 0.5) is 0 Å². The molecule has 1 heterocycles. The Morgan fingerprint density at radius 3 is 1.42 bits per heavy atom. The van der Waals surface area contributed by atoms with E-state index in [0.29, 0.717) is 0 Å². The second-order valence-corrected chi connectivity index (χ2v) is 9.70. The van der Waals surface area contributed by atoms with Crippen molar-refractivity contribution in [3.8, 4) is 34.1 Å². The lowest BCUT2D eigenvalue weighted by atomic mass is 9.65. The quantitative estimate of drug-likeness (QED) is 0.240. The molecular weight excluding hydrogens is 444 g/mol. The zero-order valence-corrected chi connectivity index (χ0v) is 19.2. The average Bonchev–Trinajstić information content (AvgIpc) is 3.18. The minimum atomic E-state index is -0.561. The Labute approximate surface area is 207 Å². The molecule has 6 aromatic rings.